The van der Waals surface area contributed by atoms with Crippen LogP contribution in [0, 0.1) is 5.82 Å². The summed E-state index contributed by atoms with van der Waals surface area (Å²) in [7, 11) is 0. The van der Waals surface area contributed by atoms with Crippen LogP contribution in [0.25, 0.3) is 10.9 Å². The van der Waals surface area contributed by atoms with Gasteiger partial charge in [-0.1, -0.05) is 30.0 Å². The van der Waals surface area contributed by atoms with E-state index >= 15 is 0 Å². The van der Waals surface area contributed by atoms with Gasteiger partial charge in [0.1, 0.15) is 10.8 Å². The average molecular weight is 342 g/mol. The molecule has 0 aliphatic rings. The summed E-state index contributed by atoms with van der Waals surface area (Å²) >= 11 is 1.26. The number of rotatable bonds is 5. The third-order valence-corrected chi connectivity index (χ3v) is 4.43. The number of aliphatic hydroxyl groups excluding tert-OH is 1. The van der Waals surface area contributed by atoms with E-state index in [1.807, 2.05) is 30.3 Å². The quantitative estimate of drug-likeness (QED) is 0.696. The second-order valence-electron chi connectivity index (χ2n) is 5.15. The van der Waals surface area contributed by atoms with E-state index in [0.717, 1.165) is 10.9 Å². The van der Waals surface area contributed by atoms with Crippen LogP contribution in [-0.2, 0) is 11.4 Å². The van der Waals surface area contributed by atoms with Crippen LogP contribution in [0.1, 0.15) is 5.56 Å². The van der Waals surface area contributed by atoms with Crippen molar-refractivity contribution >= 4 is 34.3 Å². The number of hydrogen-bond donors (Lipinski definition) is 2. The molecule has 1 heterocycles. The van der Waals surface area contributed by atoms with Gasteiger partial charge in [0.25, 0.3) is 0 Å². The number of carbonyl (C=O) groups is 1. The maximum absolute atomic E-state index is 12.9. The van der Waals surface area contributed by atoms with Gasteiger partial charge in [-0.25, -0.2) is 9.37 Å². The minimum Gasteiger partial charge on any atom is -0.392 e. The molecule has 2 N–H and O–H groups in total. The Morgan fingerprint density at radius 2 is 1.92 bits per heavy atom. The molecule has 0 aliphatic heterocycles. The van der Waals surface area contributed by atoms with E-state index in [-0.39, 0.29) is 24.1 Å². The summed E-state index contributed by atoms with van der Waals surface area (Å²) in [5.41, 5.74) is 2.04. The van der Waals surface area contributed by atoms with E-state index in [9.17, 15) is 14.3 Å². The van der Waals surface area contributed by atoms with Crippen molar-refractivity contribution < 1.29 is 14.3 Å². The lowest BCUT2D eigenvalue weighted by molar-refractivity contribution is -0.113. The monoisotopic (exact) mass is 342 g/mol. The Balaban J connectivity index is 1.70. The molecule has 2 aromatic carbocycles. The van der Waals surface area contributed by atoms with E-state index in [2.05, 4.69) is 10.3 Å². The Bertz CT molecular complexity index is 869. The van der Waals surface area contributed by atoms with Crippen molar-refractivity contribution in [2.45, 2.75) is 11.6 Å². The summed E-state index contributed by atoms with van der Waals surface area (Å²) in [6.45, 7) is -0.139. The second kappa shape index (κ2) is 7.42. The highest BCUT2D eigenvalue weighted by atomic mass is 32.2. The zero-order chi connectivity index (χ0) is 16.9. The van der Waals surface area contributed by atoms with Crippen molar-refractivity contribution in [3.8, 4) is 0 Å². The molecule has 0 atom stereocenters. The number of amides is 1. The number of halogens is 1. The van der Waals surface area contributed by atoms with Crippen molar-refractivity contribution in [2.24, 2.45) is 0 Å². The predicted molar refractivity (Wildman–Crippen MR) is 93.4 cm³/mol. The highest BCUT2D eigenvalue weighted by Gasteiger charge is 2.10. The van der Waals surface area contributed by atoms with Crippen LogP contribution < -0.4 is 5.32 Å². The molecule has 0 aliphatic carbocycles. The number of fused-ring (bicyclic) bond motifs is 1. The first kappa shape index (κ1) is 16.4. The zero-order valence-electron chi connectivity index (χ0n) is 12.7. The van der Waals surface area contributed by atoms with E-state index < -0.39 is 0 Å². The number of anilines is 1. The van der Waals surface area contributed by atoms with Crippen molar-refractivity contribution in [3.63, 3.8) is 0 Å². The van der Waals surface area contributed by atoms with Gasteiger partial charge in [-0.05, 0) is 36.4 Å². The van der Waals surface area contributed by atoms with Crippen molar-refractivity contribution in [2.75, 3.05) is 11.1 Å². The molecule has 24 heavy (non-hydrogen) atoms. The van der Waals surface area contributed by atoms with Crippen molar-refractivity contribution in [1.82, 2.24) is 4.98 Å². The molecule has 0 radical (unpaired) electrons. The number of thioether (sulfide) groups is 1. The lowest BCUT2D eigenvalue weighted by atomic mass is 10.2. The zero-order valence-corrected chi connectivity index (χ0v) is 13.5. The minimum absolute atomic E-state index is 0.139. The number of pyridine rings is 1. The van der Waals surface area contributed by atoms with Crippen LogP contribution in [0.5, 0.6) is 0 Å². The summed E-state index contributed by atoms with van der Waals surface area (Å²) in [5.74, 6) is -0.420. The Morgan fingerprint density at radius 3 is 2.67 bits per heavy atom. The van der Waals surface area contributed by atoms with Gasteiger partial charge >= 0.3 is 0 Å². The fourth-order valence-electron chi connectivity index (χ4n) is 2.24. The fourth-order valence-corrected chi connectivity index (χ4v) is 3.06. The van der Waals surface area contributed by atoms with Gasteiger partial charge in [0, 0.05) is 16.6 Å². The van der Waals surface area contributed by atoms with Crippen LogP contribution in [0.15, 0.2) is 59.6 Å². The maximum atomic E-state index is 12.9. The first-order valence-corrected chi connectivity index (χ1v) is 8.32. The Hall–Kier alpha value is -2.44. The van der Waals surface area contributed by atoms with Crippen molar-refractivity contribution in [3.05, 3.63) is 66.0 Å². The van der Waals surface area contributed by atoms with Gasteiger partial charge < -0.3 is 10.4 Å². The summed E-state index contributed by atoms with van der Waals surface area (Å²) < 4.78 is 12.9. The SMILES string of the molecule is O=C(CSc1nc2ccccc2cc1CO)Nc1ccc(F)cc1. The number of nitrogens with zero attached hydrogens (tertiary/aromatic N) is 1. The number of aliphatic hydroxyl groups is 1. The minimum atomic E-state index is -0.352. The lowest BCUT2D eigenvalue weighted by Crippen LogP contribution is -2.14. The lowest BCUT2D eigenvalue weighted by Gasteiger charge is -2.09. The second-order valence-corrected chi connectivity index (χ2v) is 6.11. The average Bonchev–Trinajstić information content (AvgIpc) is 2.61. The third-order valence-electron chi connectivity index (χ3n) is 3.40. The number of para-hydroxylation sites is 1. The van der Waals surface area contributed by atoms with Crippen LogP contribution in [-0.4, -0.2) is 21.8 Å². The largest absolute Gasteiger partial charge is 0.392 e. The Morgan fingerprint density at radius 1 is 1.17 bits per heavy atom. The molecule has 3 aromatic rings. The molecule has 0 fully saturated rings. The molecule has 3 rings (SSSR count). The van der Waals surface area contributed by atoms with Crippen LogP contribution >= 0.6 is 11.8 Å². The van der Waals surface area contributed by atoms with E-state index in [0.29, 0.717) is 16.3 Å². The number of benzene rings is 2. The third kappa shape index (κ3) is 3.90. The molecule has 0 unspecified atom stereocenters. The normalized spacial score (nSPS) is 10.8. The standard InChI is InChI=1S/C18H15FN2O2S/c19-14-5-7-15(8-6-14)20-17(23)11-24-18-13(10-22)9-12-3-1-2-4-16(12)21-18/h1-9,22H,10-11H2,(H,20,23). The maximum Gasteiger partial charge on any atom is 0.234 e. The summed E-state index contributed by atoms with van der Waals surface area (Å²) in [5, 5.41) is 13.8. The first-order valence-electron chi connectivity index (χ1n) is 7.33. The van der Waals surface area contributed by atoms with Gasteiger partial charge in [0.15, 0.2) is 0 Å². The number of carbonyl (C=O) groups excluding carboxylic acids is 1. The van der Waals surface area contributed by atoms with Gasteiger partial charge in [-0.3, -0.25) is 4.79 Å². The molecule has 6 heteroatoms. The Labute approximate surface area is 142 Å². The highest BCUT2D eigenvalue weighted by molar-refractivity contribution is 8.00. The molecule has 0 saturated heterocycles. The number of aromatic nitrogens is 1. The van der Waals surface area contributed by atoms with Crippen LogP contribution in [0.4, 0.5) is 10.1 Å². The van der Waals surface area contributed by atoms with Crippen molar-refractivity contribution in [1.29, 1.82) is 0 Å². The summed E-state index contributed by atoms with van der Waals surface area (Å²) in [6, 6.07) is 15.1. The highest BCUT2D eigenvalue weighted by Crippen LogP contribution is 2.25. The first-order chi connectivity index (χ1) is 11.7. The molecule has 0 bridgehead atoms. The topological polar surface area (TPSA) is 62.2 Å². The fraction of sp³-hybridized carbons (Fsp3) is 0.111. The molecule has 4 nitrogen and oxygen atoms in total. The summed E-state index contributed by atoms with van der Waals surface area (Å²) in [4.78, 5) is 16.5. The van der Waals surface area contributed by atoms with Gasteiger partial charge in [0.2, 0.25) is 5.91 Å². The van der Waals surface area contributed by atoms with E-state index in [1.165, 1.54) is 36.0 Å². The van der Waals surface area contributed by atoms with Crippen LogP contribution in [0.3, 0.4) is 0 Å². The number of hydrogen-bond acceptors (Lipinski definition) is 4. The van der Waals surface area contributed by atoms with Gasteiger partial charge in [0.05, 0.1) is 17.9 Å². The molecule has 1 amide bonds. The molecular formula is C18H15FN2O2S. The molecule has 122 valence electrons. The molecule has 0 spiro atoms. The molecule has 0 saturated carbocycles. The van der Waals surface area contributed by atoms with Gasteiger partial charge in [-0.15, -0.1) is 0 Å². The summed E-state index contributed by atoms with van der Waals surface area (Å²) in [6.07, 6.45) is 0. The number of nitrogens with one attached hydrogen (secondary N) is 1. The van der Waals surface area contributed by atoms with E-state index in [1.54, 1.807) is 0 Å². The van der Waals surface area contributed by atoms with Gasteiger partial charge in [-0.2, -0.15) is 0 Å². The van der Waals surface area contributed by atoms with Crippen LogP contribution in [0.2, 0.25) is 0 Å². The molecule has 1 aromatic heterocycles. The smallest absolute Gasteiger partial charge is 0.234 e. The van der Waals surface area contributed by atoms with E-state index in [4.69, 9.17) is 0 Å². The predicted octanol–water partition coefficient (Wildman–Crippen LogP) is 3.60. The Kier molecular flexibility index (Phi) is 5.08. The molecular weight excluding hydrogens is 327 g/mol.